The number of carbonyl (C=O) groups excluding carboxylic acids is 2. The summed E-state index contributed by atoms with van der Waals surface area (Å²) >= 11 is 0. The van der Waals surface area contributed by atoms with Crippen molar-refractivity contribution < 1.29 is 22.8 Å². The van der Waals surface area contributed by atoms with E-state index in [1.54, 1.807) is 30.3 Å². The van der Waals surface area contributed by atoms with Gasteiger partial charge in [0.15, 0.2) is 11.8 Å². The monoisotopic (exact) mass is 431 g/mol. The molecule has 31 heavy (non-hydrogen) atoms. The molecular formula is C23H24F3N3O2. The lowest BCUT2D eigenvalue weighted by Crippen LogP contribution is -2.49. The van der Waals surface area contributed by atoms with Gasteiger partial charge in [-0.05, 0) is 17.9 Å². The maximum absolute atomic E-state index is 13.7. The zero-order chi connectivity index (χ0) is 23.0. The zero-order valence-corrected chi connectivity index (χ0v) is 17.2. The molecule has 0 spiro atoms. The summed E-state index contributed by atoms with van der Waals surface area (Å²) in [6.07, 6.45) is -4.46. The number of hydrogen-bond acceptors (Lipinski definition) is 4. The number of amides is 1. The van der Waals surface area contributed by atoms with E-state index in [0.717, 1.165) is 0 Å². The first-order valence-electron chi connectivity index (χ1n) is 9.80. The lowest BCUT2D eigenvalue weighted by atomic mass is 9.98. The molecule has 0 fully saturated rings. The average molecular weight is 431 g/mol. The Morgan fingerprint density at radius 3 is 2.10 bits per heavy atom. The van der Waals surface area contributed by atoms with Crippen LogP contribution in [0.3, 0.4) is 0 Å². The Bertz CT molecular complexity index is 920. The molecule has 8 heteroatoms. The van der Waals surface area contributed by atoms with E-state index < -0.39 is 24.2 Å². The molecule has 0 heterocycles. The van der Waals surface area contributed by atoms with Gasteiger partial charge in [-0.1, -0.05) is 68.4 Å². The van der Waals surface area contributed by atoms with Crippen LogP contribution < -0.4 is 10.6 Å². The van der Waals surface area contributed by atoms with Crippen LogP contribution in [0.1, 0.15) is 47.8 Å². The van der Waals surface area contributed by atoms with E-state index in [-0.39, 0.29) is 35.8 Å². The van der Waals surface area contributed by atoms with E-state index in [1.165, 1.54) is 24.3 Å². The molecule has 0 radical (unpaired) electrons. The fourth-order valence-electron chi connectivity index (χ4n) is 3.10. The van der Waals surface area contributed by atoms with Crippen LogP contribution in [0, 0.1) is 17.2 Å². The minimum absolute atomic E-state index is 0.0366. The topological polar surface area (TPSA) is 82.0 Å². The number of halogens is 3. The van der Waals surface area contributed by atoms with Crippen LogP contribution in [0.4, 0.5) is 13.2 Å². The highest BCUT2D eigenvalue weighted by Crippen LogP contribution is 2.33. The van der Waals surface area contributed by atoms with Gasteiger partial charge in [-0.3, -0.25) is 14.9 Å². The molecule has 0 saturated carbocycles. The molecule has 2 N–H and O–H groups in total. The summed E-state index contributed by atoms with van der Waals surface area (Å²) in [7, 11) is 0. The molecule has 0 saturated heterocycles. The summed E-state index contributed by atoms with van der Waals surface area (Å²) in [5, 5.41) is 13.4. The lowest BCUT2D eigenvalue weighted by molar-refractivity contribution is -0.164. The number of nitriles is 1. The Labute approximate surface area is 179 Å². The Hall–Kier alpha value is -3.18. The summed E-state index contributed by atoms with van der Waals surface area (Å²) in [6, 6.07) is 12.1. The third-order valence-corrected chi connectivity index (χ3v) is 4.61. The largest absolute Gasteiger partial charge is 0.412 e. The van der Waals surface area contributed by atoms with Crippen molar-refractivity contribution in [2.24, 2.45) is 5.92 Å². The number of rotatable bonds is 9. The van der Waals surface area contributed by atoms with Crippen LogP contribution in [0.2, 0.25) is 0 Å². The SMILES string of the molecule is CC(C)C[C@H](NCC#N)C(=O)N[C@@H](c1ccc(C(=O)c2ccccc2)cc1)C(F)(F)F. The first-order valence-corrected chi connectivity index (χ1v) is 9.80. The quantitative estimate of drug-likeness (QED) is 0.461. The Balaban J connectivity index is 2.23. The predicted octanol–water partition coefficient (Wildman–Crippen LogP) is 4.17. The molecule has 1 amide bonds. The second-order valence-corrected chi connectivity index (χ2v) is 7.52. The summed E-state index contributed by atoms with van der Waals surface area (Å²) < 4.78 is 41.1. The Morgan fingerprint density at radius 1 is 1.00 bits per heavy atom. The van der Waals surface area contributed by atoms with Gasteiger partial charge in [0.2, 0.25) is 5.91 Å². The van der Waals surface area contributed by atoms with Crippen LogP contribution >= 0.6 is 0 Å². The average Bonchev–Trinajstić information content (AvgIpc) is 2.74. The van der Waals surface area contributed by atoms with Crippen molar-refractivity contribution in [2.75, 3.05) is 6.54 Å². The van der Waals surface area contributed by atoms with Crippen molar-refractivity contribution in [3.8, 4) is 6.07 Å². The summed E-state index contributed by atoms with van der Waals surface area (Å²) in [5.74, 6) is -1.11. The van der Waals surface area contributed by atoms with Gasteiger partial charge in [-0.2, -0.15) is 18.4 Å². The first-order chi connectivity index (χ1) is 14.6. The molecule has 0 aliphatic carbocycles. The Morgan fingerprint density at radius 2 is 1.58 bits per heavy atom. The van der Waals surface area contributed by atoms with Gasteiger partial charge in [-0.15, -0.1) is 0 Å². The number of alkyl halides is 3. The maximum Gasteiger partial charge on any atom is 0.412 e. The van der Waals surface area contributed by atoms with Gasteiger partial charge in [0, 0.05) is 11.1 Å². The van der Waals surface area contributed by atoms with E-state index in [4.69, 9.17) is 5.26 Å². The fraction of sp³-hybridized carbons (Fsp3) is 0.348. The predicted molar refractivity (Wildman–Crippen MR) is 110 cm³/mol. The van der Waals surface area contributed by atoms with Crippen molar-refractivity contribution in [1.29, 1.82) is 5.26 Å². The minimum Gasteiger partial charge on any atom is -0.339 e. The van der Waals surface area contributed by atoms with Crippen LogP contribution in [0.25, 0.3) is 0 Å². The molecule has 0 aliphatic rings. The maximum atomic E-state index is 13.7. The normalized spacial score (nSPS) is 13.3. The van der Waals surface area contributed by atoms with E-state index >= 15 is 0 Å². The second kappa shape index (κ2) is 10.7. The molecule has 2 aromatic carbocycles. The molecular weight excluding hydrogens is 407 g/mol. The molecule has 2 atom stereocenters. The van der Waals surface area contributed by atoms with Crippen molar-refractivity contribution in [1.82, 2.24) is 10.6 Å². The van der Waals surface area contributed by atoms with E-state index in [1.807, 2.05) is 25.2 Å². The fourth-order valence-corrected chi connectivity index (χ4v) is 3.10. The van der Waals surface area contributed by atoms with E-state index in [9.17, 15) is 22.8 Å². The van der Waals surface area contributed by atoms with Crippen molar-refractivity contribution >= 4 is 11.7 Å². The van der Waals surface area contributed by atoms with Gasteiger partial charge in [-0.25, -0.2) is 0 Å². The lowest BCUT2D eigenvalue weighted by Gasteiger charge is -2.26. The van der Waals surface area contributed by atoms with Gasteiger partial charge >= 0.3 is 6.18 Å². The van der Waals surface area contributed by atoms with E-state index in [0.29, 0.717) is 5.56 Å². The summed E-state index contributed by atoms with van der Waals surface area (Å²) in [5.41, 5.74) is 0.487. The number of carbonyl (C=O) groups is 2. The molecule has 2 aromatic rings. The molecule has 0 bridgehead atoms. The number of nitrogens with one attached hydrogen (secondary N) is 2. The molecule has 0 aliphatic heterocycles. The number of ketones is 1. The van der Waals surface area contributed by atoms with Crippen molar-refractivity contribution in [2.45, 2.75) is 38.5 Å². The highest BCUT2D eigenvalue weighted by molar-refractivity contribution is 6.08. The molecule has 5 nitrogen and oxygen atoms in total. The number of hydrogen-bond donors (Lipinski definition) is 2. The minimum atomic E-state index is -4.74. The molecule has 164 valence electrons. The second-order valence-electron chi connectivity index (χ2n) is 7.52. The van der Waals surface area contributed by atoms with Gasteiger partial charge in [0.05, 0.1) is 18.7 Å². The van der Waals surface area contributed by atoms with Crippen LogP contribution in [-0.4, -0.2) is 30.5 Å². The highest BCUT2D eigenvalue weighted by Gasteiger charge is 2.42. The molecule has 0 unspecified atom stereocenters. The van der Waals surface area contributed by atoms with Crippen LogP contribution in [0.5, 0.6) is 0 Å². The third kappa shape index (κ3) is 6.93. The standard InChI is InChI=1S/C23H24F3N3O2/c1-15(2)14-19(28-13-12-27)22(31)29-21(23(24,25)26)18-10-8-17(9-11-18)20(30)16-6-4-3-5-7-16/h3-11,15,19,21,28H,13-14H2,1-2H3,(H,29,31)/t19-,21-/m0/s1. The van der Waals surface area contributed by atoms with Gasteiger partial charge in [0.1, 0.15) is 0 Å². The zero-order valence-electron chi connectivity index (χ0n) is 17.2. The number of nitrogens with zero attached hydrogens (tertiary/aromatic N) is 1. The summed E-state index contributed by atoms with van der Waals surface area (Å²) in [6.45, 7) is 3.51. The van der Waals surface area contributed by atoms with Gasteiger partial charge < -0.3 is 5.32 Å². The van der Waals surface area contributed by atoms with E-state index in [2.05, 4.69) is 5.32 Å². The first kappa shape index (κ1) is 24.1. The number of benzene rings is 2. The highest BCUT2D eigenvalue weighted by atomic mass is 19.4. The van der Waals surface area contributed by atoms with Crippen LogP contribution in [0.15, 0.2) is 54.6 Å². The van der Waals surface area contributed by atoms with Crippen molar-refractivity contribution in [3.05, 3.63) is 71.3 Å². The molecule has 2 rings (SSSR count). The smallest absolute Gasteiger partial charge is 0.339 e. The van der Waals surface area contributed by atoms with Gasteiger partial charge in [0.25, 0.3) is 0 Å². The third-order valence-electron chi connectivity index (χ3n) is 4.61. The van der Waals surface area contributed by atoms with Crippen LogP contribution in [-0.2, 0) is 4.79 Å². The Kier molecular flexibility index (Phi) is 8.34. The summed E-state index contributed by atoms with van der Waals surface area (Å²) in [4.78, 5) is 25.0. The molecule has 0 aromatic heterocycles. The van der Waals surface area contributed by atoms with Crippen molar-refractivity contribution in [3.63, 3.8) is 0 Å².